The maximum Gasteiger partial charge on any atom is 0.341 e. The number of nitrogens with one attached hydrogen (secondary N) is 1. The zero-order valence-electron chi connectivity index (χ0n) is 14.7. The van der Waals surface area contributed by atoms with Crippen LogP contribution < -0.4 is 5.32 Å². The number of thioether (sulfide) groups is 1. The number of amidine groups is 1. The largest absolute Gasteiger partial charge is 0.462 e. The summed E-state index contributed by atoms with van der Waals surface area (Å²) in [6, 6.07) is 1.75. The van der Waals surface area contributed by atoms with Crippen LogP contribution in [0.3, 0.4) is 0 Å². The zero-order valence-corrected chi connectivity index (χ0v) is 15.5. The fourth-order valence-corrected chi connectivity index (χ4v) is 4.76. The number of hydrogen-bond acceptors (Lipinski definition) is 5. The molecule has 2 bridgehead atoms. The van der Waals surface area contributed by atoms with E-state index in [2.05, 4.69) is 22.5 Å². The van der Waals surface area contributed by atoms with Crippen LogP contribution in [0.15, 0.2) is 29.3 Å². The lowest BCUT2D eigenvalue weighted by Crippen LogP contribution is -2.35. The summed E-state index contributed by atoms with van der Waals surface area (Å²) >= 11 is 1.28. The highest BCUT2D eigenvalue weighted by atomic mass is 32.2. The van der Waals surface area contributed by atoms with Crippen LogP contribution in [-0.4, -0.2) is 34.9 Å². The van der Waals surface area contributed by atoms with Crippen LogP contribution in [0.1, 0.15) is 29.6 Å². The predicted molar refractivity (Wildman–Crippen MR) is 97.3 cm³/mol. The van der Waals surface area contributed by atoms with E-state index in [1.807, 2.05) is 0 Å². The van der Waals surface area contributed by atoms with Crippen molar-refractivity contribution < 1.29 is 27.5 Å². The molecule has 1 aliphatic heterocycles. The van der Waals surface area contributed by atoms with E-state index in [0.29, 0.717) is 23.1 Å². The lowest BCUT2D eigenvalue weighted by molar-refractivity contribution is -0.117. The minimum absolute atomic E-state index is 0.166. The van der Waals surface area contributed by atoms with Crippen molar-refractivity contribution in [3.63, 3.8) is 0 Å². The number of benzene rings is 1. The summed E-state index contributed by atoms with van der Waals surface area (Å²) in [6.45, 7) is -0.166. The number of esters is 1. The SMILES string of the molecule is O=C(OCCC1SC(NC2CC3C=CC2C3)=NC1=O)c1ccc(F)c(F)c1F. The monoisotopic (exact) mass is 410 g/mol. The van der Waals surface area contributed by atoms with Crippen molar-refractivity contribution in [1.29, 1.82) is 0 Å². The third kappa shape index (κ3) is 3.67. The molecule has 1 heterocycles. The first-order valence-corrected chi connectivity index (χ1v) is 9.85. The summed E-state index contributed by atoms with van der Waals surface area (Å²) in [6.07, 6.45) is 6.76. The van der Waals surface area contributed by atoms with Crippen molar-refractivity contribution >= 4 is 28.8 Å². The Morgan fingerprint density at radius 2 is 2.04 bits per heavy atom. The van der Waals surface area contributed by atoms with E-state index < -0.39 is 34.2 Å². The van der Waals surface area contributed by atoms with Crippen molar-refractivity contribution in [2.45, 2.75) is 30.6 Å². The van der Waals surface area contributed by atoms with Crippen LogP contribution in [0.4, 0.5) is 13.2 Å². The lowest BCUT2D eigenvalue weighted by atomic mass is 10.0. The highest BCUT2D eigenvalue weighted by Crippen LogP contribution is 2.39. The summed E-state index contributed by atoms with van der Waals surface area (Å²) in [5.41, 5.74) is -0.688. The van der Waals surface area contributed by atoms with Gasteiger partial charge in [-0.1, -0.05) is 23.9 Å². The van der Waals surface area contributed by atoms with Crippen LogP contribution in [0.2, 0.25) is 0 Å². The number of aliphatic imine (C=N–C) groups is 1. The third-order valence-electron chi connectivity index (χ3n) is 5.20. The van der Waals surface area contributed by atoms with Gasteiger partial charge < -0.3 is 10.1 Å². The molecular weight excluding hydrogens is 393 g/mol. The van der Waals surface area contributed by atoms with Gasteiger partial charge >= 0.3 is 5.97 Å². The van der Waals surface area contributed by atoms with E-state index >= 15 is 0 Å². The third-order valence-corrected chi connectivity index (χ3v) is 6.35. The minimum atomic E-state index is -1.73. The van der Waals surface area contributed by atoms with E-state index in [-0.39, 0.29) is 25.0 Å². The van der Waals surface area contributed by atoms with Gasteiger partial charge in [-0.2, -0.15) is 4.99 Å². The molecular formula is C19H17F3N2O3S. The number of hydrogen-bond donors (Lipinski definition) is 1. The summed E-state index contributed by atoms with van der Waals surface area (Å²) < 4.78 is 44.6. The average molecular weight is 410 g/mol. The van der Waals surface area contributed by atoms with Gasteiger partial charge in [-0.3, -0.25) is 4.79 Å². The Labute approximate surface area is 163 Å². The Morgan fingerprint density at radius 3 is 2.75 bits per heavy atom. The van der Waals surface area contributed by atoms with Gasteiger partial charge in [0.05, 0.1) is 17.4 Å². The van der Waals surface area contributed by atoms with Crippen molar-refractivity contribution in [2.24, 2.45) is 16.8 Å². The molecule has 1 fully saturated rings. The minimum Gasteiger partial charge on any atom is -0.462 e. The quantitative estimate of drug-likeness (QED) is 0.459. The maximum atomic E-state index is 13.6. The van der Waals surface area contributed by atoms with Crippen LogP contribution >= 0.6 is 11.8 Å². The second-order valence-corrected chi connectivity index (χ2v) is 8.23. The summed E-state index contributed by atoms with van der Waals surface area (Å²) in [5, 5.41) is 3.39. The first-order valence-electron chi connectivity index (χ1n) is 8.97. The first kappa shape index (κ1) is 19.0. The van der Waals surface area contributed by atoms with E-state index in [1.165, 1.54) is 11.8 Å². The molecule has 1 aromatic rings. The Hall–Kier alpha value is -2.29. The van der Waals surface area contributed by atoms with Gasteiger partial charge in [0.1, 0.15) is 0 Å². The zero-order chi connectivity index (χ0) is 19.8. The Bertz CT molecular complexity index is 889. The highest BCUT2D eigenvalue weighted by Gasteiger charge is 2.38. The maximum absolute atomic E-state index is 13.6. The number of ether oxygens (including phenoxy) is 1. The molecule has 4 atom stereocenters. The molecule has 148 valence electrons. The van der Waals surface area contributed by atoms with Gasteiger partial charge in [-0.15, -0.1) is 0 Å². The molecule has 0 saturated heterocycles. The average Bonchev–Trinajstić information content (AvgIpc) is 3.36. The second kappa shape index (κ2) is 7.62. The number of allylic oxidation sites excluding steroid dienone is 1. The molecule has 28 heavy (non-hydrogen) atoms. The normalized spacial score (nSPS) is 28.0. The Morgan fingerprint density at radius 1 is 1.21 bits per heavy atom. The Kier molecular flexibility index (Phi) is 5.18. The number of carbonyl (C=O) groups excluding carboxylic acids is 2. The molecule has 1 N–H and O–H groups in total. The number of fused-ring (bicyclic) bond motifs is 2. The highest BCUT2D eigenvalue weighted by molar-refractivity contribution is 8.15. The van der Waals surface area contributed by atoms with Gasteiger partial charge in [0.2, 0.25) is 0 Å². The summed E-state index contributed by atoms with van der Waals surface area (Å²) in [4.78, 5) is 27.9. The van der Waals surface area contributed by atoms with Crippen LogP contribution in [0.25, 0.3) is 0 Å². The van der Waals surface area contributed by atoms with Gasteiger partial charge in [0, 0.05) is 12.5 Å². The van der Waals surface area contributed by atoms with Crippen molar-refractivity contribution in [3.8, 4) is 0 Å². The number of halogens is 3. The molecule has 0 spiro atoms. The van der Waals surface area contributed by atoms with Crippen molar-refractivity contribution in [1.82, 2.24) is 5.32 Å². The molecule has 1 saturated carbocycles. The van der Waals surface area contributed by atoms with E-state index in [0.717, 1.165) is 18.9 Å². The molecule has 2 aliphatic carbocycles. The van der Waals surface area contributed by atoms with E-state index in [4.69, 9.17) is 4.74 Å². The van der Waals surface area contributed by atoms with Crippen LogP contribution in [0.5, 0.6) is 0 Å². The molecule has 0 aromatic heterocycles. The fraction of sp³-hybridized carbons (Fsp3) is 0.421. The standard InChI is InChI=1S/C19H17F3N2O3S/c20-12-4-3-11(15(21)16(12)22)18(26)27-6-5-14-17(25)24-19(28-14)23-13-8-9-1-2-10(13)7-9/h1-4,9-10,13-14H,5-8H2,(H,23,24,25). The van der Waals surface area contributed by atoms with Gasteiger partial charge in [0.25, 0.3) is 5.91 Å². The number of nitrogens with zero attached hydrogens (tertiary/aromatic N) is 1. The van der Waals surface area contributed by atoms with E-state index in [9.17, 15) is 22.8 Å². The molecule has 0 radical (unpaired) electrons. The summed E-state index contributed by atoms with van der Waals surface area (Å²) in [5.74, 6) is -5.07. The second-order valence-electron chi connectivity index (χ2n) is 7.04. The van der Waals surface area contributed by atoms with E-state index in [1.54, 1.807) is 0 Å². The number of carbonyl (C=O) groups is 2. The Balaban J connectivity index is 1.26. The molecule has 4 rings (SSSR count). The first-order chi connectivity index (χ1) is 13.4. The number of rotatable bonds is 5. The van der Waals surface area contributed by atoms with Gasteiger partial charge in [-0.25, -0.2) is 18.0 Å². The predicted octanol–water partition coefficient (Wildman–Crippen LogP) is 3.20. The lowest BCUT2D eigenvalue weighted by Gasteiger charge is -2.20. The van der Waals surface area contributed by atoms with Crippen molar-refractivity contribution in [2.75, 3.05) is 6.61 Å². The molecule has 1 amide bonds. The molecule has 3 aliphatic rings. The van der Waals surface area contributed by atoms with Gasteiger partial charge in [-0.05, 0) is 36.8 Å². The molecule has 4 unspecified atom stereocenters. The molecule has 5 nitrogen and oxygen atoms in total. The molecule has 1 aromatic carbocycles. The fourth-order valence-electron chi connectivity index (χ4n) is 3.76. The smallest absolute Gasteiger partial charge is 0.341 e. The van der Waals surface area contributed by atoms with Gasteiger partial charge in [0.15, 0.2) is 22.6 Å². The number of amides is 1. The van der Waals surface area contributed by atoms with Crippen LogP contribution in [0, 0.1) is 29.3 Å². The van der Waals surface area contributed by atoms with Crippen molar-refractivity contribution in [3.05, 3.63) is 47.3 Å². The molecule has 9 heteroatoms. The topological polar surface area (TPSA) is 67.8 Å². The summed E-state index contributed by atoms with van der Waals surface area (Å²) in [7, 11) is 0. The van der Waals surface area contributed by atoms with Crippen LogP contribution in [-0.2, 0) is 9.53 Å².